The molecule has 2 aromatic rings. The molecule has 0 bridgehead atoms. The van der Waals surface area contributed by atoms with E-state index < -0.39 is 11.9 Å². The lowest BCUT2D eigenvalue weighted by molar-refractivity contribution is -0.141. The average molecular weight is 308 g/mol. The predicted octanol–water partition coefficient (Wildman–Crippen LogP) is 4.86. The van der Waals surface area contributed by atoms with Gasteiger partial charge in [-0.2, -0.15) is 18.4 Å². The van der Waals surface area contributed by atoms with Crippen LogP contribution in [0.5, 0.6) is 0 Å². The molecule has 2 rings (SSSR count). The second-order valence-corrected chi connectivity index (χ2v) is 4.87. The maximum absolute atomic E-state index is 12.9. The van der Waals surface area contributed by atoms with Gasteiger partial charge in [-0.15, -0.1) is 0 Å². The fourth-order valence-electron chi connectivity index (χ4n) is 1.97. The van der Waals surface area contributed by atoms with Crippen LogP contribution in [0.15, 0.2) is 30.3 Å². The van der Waals surface area contributed by atoms with Gasteiger partial charge in [0, 0.05) is 5.56 Å². The molecule has 0 saturated carbocycles. The van der Waals surface area contributed by atoms with Crippen LogP contribution in [0.25, 0.3) is 11.1 Å². The van der Waals surface area contributed by atoms with Crippen LogP contribution in [0, 0.1) is 16.0 Å². The number of aryl methyl sites for hydroxylation is 1. The molecule has 0 fully saturated rings. The number of aromatic amines is 1. The quantitative estimate of drug-likeness (QED) is 0.804. The number of H-pyrrole nitrogens is 1. The van der Waals surface area contributed by atoms with E-state index >= 15 is 0 Å². The molecule has 0 atom stereocenters. The van der Waals surface area contributed by atoms with Crippen LogP contribution in [0.3, 0.4) is 0 Å². The topological polar surface area (TPSA) is 39.6 Å². The monoisotopic (exact) mass is 308 g/mol. The van der Waals surface area contributed by atoms with Crippen molar-refractivity contribution in [3.8, 4) is 17.2 Å². The number of alkyl halides is 3. The Morgan fingerprint density at radius 2 is 1.86 bits per heavy atom. The minimum atomic E-state index is -4.54. The second-order valence-electron chi connectivity index (χ2n) is 4.46. The SMILES string of the molecule is CCc1ccc(-c2cc(C(F)(F)F)[nH]c(=S)c2C#N)cc1. The maximum Gasteiger partial charge on any atom is 0.431 e. The third-order valence-corrected chi connectivity index (χ3v) is 3.43. The standard InChI is InChI=1S/C15H11F3N2S/c1-2-9-3-5-10(6-4-9)11-7-13(15(16,17)18)20-14(21)12(11)8-19/h3-7H,2H2,1H3,(H,20,21). The number of nitrogens with zero attached hydrogens (tertiary/aromatic N) is 1. The van der Waals surface area contributed by atoms with Crippen LogP contribution in [-0.2, 0) is 12.6 Å². The van der Waals surface area contributed by atoms with E-state index in [9.17, 15) is 13.2 Å². The Morgan fingerprint density at radius 1 is 1.24 bits per heavy atom. The van der Waals surface area contributed by atoms with Crippen LogP contribution in [0.1, 0.15) is 23.7 Å². The van der Waals surface area contributed by atoms with Crippen molar-refractivity contribution in [3.05, 3.63) is 51.8 Å². The van der Waals surface area contributed by atoms with Gasteiger partial charge in [-0.05, 0) is 23.6 Å². The van der Waals surface area contributed by atoms with Gasteiger partial charge in [0.1, 0.15) is 16.4 Å². The summed E-state index contributed by atoms with van der Waals surface area (Å²) in [5.74, 6) is 0. The minimum Gasteiger partial charge on any atom is -0.341 e. The highest BCUT2D eigenvalue weighted by atomic mass is 32.1. The molecule has 0 aliphatic carbocycles. The van der Waals surface area contributed by atoms with Crippen molar-refractivity contribution in [3.63, 3.8) is 0 Å². The number of hydrogen-bond acceptors (Lipinski definition) is 2. The van der Waals surface area contributed by atoms with Crippen LogP contribution in [-0.4, -0.2) is 4.98 Å². The van der Waals surface area contributed by atoms with Gasteiger partial charge in [-0.25, -0.2) is 0 Å². The number of nitrogens with one attached hydrogen (secondary N) is 1. The van der Waals surface area contributed by atoms with Gasteiger partial charge in [0.05, 0.1) is 5.56 Å². The van der Waals surface area contributed by atoms with E-state index in [1.807, 2.05) is 25.1 Å². The maximum atomic E-state index is 12.9. The van der Waals surface area contributed by atoms with Crippen LogP contribution in [0.4, 0.5) is 13.2 Å². The summed E-state index contributed by atoms with van der Waals surface area (Å²) in [6.45, 7) is 1.98. The van der Waals surface area contributed by atoms with E-state index in [2.05, 4.69) is 4.98 Å². The summed E-state index contributed by atoms with van der Waals surface area (Å²) in [7, 11) is 0. The summed E-state index contributed by atoms with van der Waals surface area (Å²) in [4.78, 5) is 2.07. The Bertz CT molecular complexity index is 752. The fourth-order valence-corrected chi connectivity index (χ4v) is 2.24. The molecular formula is C15H11F3N2S. The normalized spacial score (nSPS) is 11.2. The number of halogens is 3. The largest absolute Gasteiger partial charge is 0.431 e. The van der Waals surface area contributed by atoms with Crippen molar-refractivity contribution in [2.75, 3.05) is 0 Å². The zero-order valence-corrected chi connectivity index (χ0v) is 11.9. The molecule has 0 aliphatic rings. The number of aromatic nitrogens is 1. The fraction of sp³-hybridized carbons (Fsp3) is 0.200. The average Bonchev–Trinajstić information content (AvgIpc) is 2.45. The third kappa shape index (κ3) is 3.14. The van der Waals surface area contributed by atoms with E-state index in [4.69, 9.17) is 17.5 Å². The highest BCUT2D eigenvalue weighted by molar-refractivity contribution is 7.71. The molecule has 2 nitrogen and oxygen atoms in total. The molecule has 0 amide bonds. The van der Waals surface area contributed by atoms with Gasteiger partial charge < -0.3 is 4.98 Å². The van der Waals surface area contributed by atoms with Crippen molar-refractivity contribution in [2.45, 2.75) is 19.5 Å². The van der Waals surface area contributed by atoms with Crippen molar-refractivity contribution in [1.82, 2.24) is 4.98 Å². The van der Waals surface area contributed by atoms with Crippen molar-refractivity contribution >= 4 is 12.2 Å². The molecule has 0 unspecified atom stereocenters. The lowest BCUT2D eigenvalue weighted by Crippen LogP contribution is -2.09. The molecule has 6 heteroatoms. The van der Waals surface area contributed by atoms with E-state index in [0.29, 0.717) is 5.56 Å². The van der Waals surface area contributed by atoms with Crippen LogP contribution in [0.2, 0.25) is 0 Å². The van der Waals surface area contributed by atoms with Gasteiger partial charge >= 0.3 is 6.18 Å². The molecule has 1 aromatic carbocycles. The molecule has 21 heavy (non-hydrogen) atoms. The first-order chi connectivity index (χ1) is 9.86. The molecular weight excluding hydrogens is 297 g/mol. The third-order valence-electron chi connectivity index (χ3n) is 3.12. The molecule has 0 saturated heterocycles. The Kier molecular flexibility index (Phi) is 4.14. The number of benzene rings is 1. The molecule has 0 spiro atoms. The lowest BCUT2D eigenvalue weighted by Gasteiger charge is -2.11. The molecule has 1 N–H and O–H groups in total. The first-order valence-corrected chi connectivity index (χ1v) is 6.61. The van der Waals surface area contributed by atoms with Crippen LogP contribution < -0.4 is 0 Å². The Morgan fingerprint density at radius 3 is 2.33 bits per heavy atom. The zero-order valence-electron chi connectivity index (χ0n) is 11.1. The highest BCUT2D eigenvalue weighted by Crippen LogP contribution is 2.32. The van der Waals surface area contributed by atoms with E-state index in [0.717, 1.165) is 18.1 Å². The molecule has 0 radical (unpaired) electrons. The highest BCUT2D eigenvalue weighted by Gasteiger charge is 2.32. The van der Waals surface area contributed by atoms with E-state index in [1.54, 1.807) is 12.1 Å². The molecule has 0 aliphatic heterocycles. The zero-order chi connectivity index (χ0) is 15.6. The Balaban J connectivity index is 2.68. The van der Waals surface area contributed by atoms with Gasteiger partial charge in [-0.1, -0.05) is 43.4 Å². The van der Waals surface area contributed by atoms with Gasteiger partial charge in [0.25, 0.3) is 0 Å². The number of hydrogen-bond donors (Lipinski definition) is 1. The number of rotatable bonds is 2. The van der Waals surface area contributed by atoms with E-state index in [1.165, 1.54) is 0 Å². The second kappa shape index (κ2) is 5.70. The van der Waals surface area contributed by atoms with Crippen LogP contribution >= 0.6 is 12.2 Å². The Hall–Kier alpha value is -2.13. The smallest absolute Gasteiger partial charge is 0.341 e. The summed E-state index contributed by atoms with van der Waals surface area (Å²) in [5.41, 5.74) is 0.878. The van der Waals surface area contributed by atoms with Gasteiger partial charge in [0.15, 0.2) is 0 Å². The molecule has 108 valence electrons. The number of nitriles is 1. The summed E-state index contributed by atoms with van der Waals surface area (Å²) in [5, 5.41) is 9.14. The number of pyridine rings is 1. The molecule has 1 heterocycles. The van der Waals surface area contributed by atoms with E-state index in [-0.39, 0.29) is 15.8 Å². The summed E-state index contributed by atoms with van der Waals surface area (Å²) in [6, 6.07) is 9.84. The first-order valence-electron chi connectivity index (χ1n) is 6.20. The summed E-state index contributed by atoms with van der Waals surface area (Å²) < 4.78 is 38.4. The predicted molar refractivity (Wildman–Crippen MR) is 76.2 cm³/mol. The Labute approximate surface area is 124 Å². The molecule has 1 aromatic heterocycles. The van der Waals surface area contributed by atoms with Crippen molar-refractivity contribution in [2.24, 2.45) is 0 Å². The summed E-state index contributed by atoms with van der Waals surface area (Å²) >= 11 is 4.87. The van der Waals surface area contributed by atoms with Crippen molar-refractivity contribution in [1.29, 1.82) is 5.26 Å². The lowest BCUT2D eigenvalue weighted by atomic mass is 9.99. The minimum absolute atomic E-state index is 0.0437. The van der Waals surface area contributed by atoms with Crippen molar-refractivity contribution < 1.29 is 13.2 Å². The van der Waals surface area contributed by atoms with Gasteiger partial charge in [-0.3, -0.25) is 0 Å². The summed E-state index contributed by atoms with van der Waals surface area (Å²) in [6.07, 6.45) is -3.71. The van der Waals surface area contributed by atoms with Gasteiger partial charge in [0.2, 0.25) is 0 Å². The first kappa shape index (κ1) is 15.3.